The zero-order valence-corrected chi connectivity index (χ0v) is 30.7. The molecule has 0 unspecified atom stereocenters. The molecule has 3 heterocycles. The van der Waals surface area contributed by atoms with E-state index >= 15 is 0 Å². The minimum Gasteiger partial charge on any atom is -0.456 e. The molecule has 0 N–H and O–H groups in total. The molecule has 0 bridgehead atoms. The predicted molar refractivity (Wildman–Crippen MR) is 234 cm³/mol. The van der Waals surface area contributed by atoms with Gasteiger partial charge in [-0.3, -0.25) is 0 Å². The number of para-hydroxylation sites is 1. The largest absolute Gasteiger partial charge is 0.456 e. The van der Waals surface area contributed by atoms with E-state index in [2.05, 4.69) is 164 Å². The van der Waals surface area contributed by atoms with Crippen LogP contribution in [-0.4, -0.2) is 15.0 Å². The summed E-state index contributed by atoms with van der Waals surface area (Å²) in [6, 6.07) is 62.1. The average molecular weight is 732 g/mol. The molecule has 0 aliphatic rings. The van der Waals surface area contributed by atoms with Crippen LogP contribution in [0.1, 0.15) is 0 Å². The van der Waals surface area contributed by atoms with Crippen molar-refractivity contribution in [2.45, 2.75) is 0 Å². The summed E-state index contributed by atoms with van der Waals surface area (Å²) in [5, 5.41) is 11.7. The van der Waals surface area contributed by atoms with Crippen LogP contribution in [0.15, 0.2) is 180 Å². The molecular weight excluding hydrogens is 703 g/mol. The first-order valence-electron chi connectivity index (χ1n) is 18.8. The van der Waals surface area contributed by atoms with Crippen LogP contribution in [-0.2, 0) is 0 Å². The Balaban J connectivity index is 1.14. The van der Waals surface area contributed by atoms with Gasteiger partial charge in [-0.2, -0.15) is 0 Å². The number of furan rings is 1. The van der Waals surface area contributed by atoms with Gasteiger partial charge in [0.15, 0.2) is 17.5 Å². The van der Waals surface area contributed by atoms with Gasteiger partial charge in [-0.1, -0.05) is 133 Å². The highest BCUT2D eigenvalue weighted by molar-refractivity contribution is 7.26. The van der Waals surface area contributed by atoms with Crippen molar-refractivity contribution in [3.8, 4) is 45.3 Å². The van der Waals surface area contributed by atoms with Crippen molar-refractivity contribution in [2.75, 3.05) is 0 Å². The lowest BCUT2D eigenvalue weighted by Crippen LogP contribution is -2.01. The van der Waals surface area contributed by atoms with Gasteiger partial charge in [0.2, 0.25) is 0 Å². The van der Waals surface area contributed by atoms with Gasteiger partial charge < -0.3 is 4.42 Å². The van der Waals surface area contributed by atoms with Gasteiger partial charge in [0.1, 0.15) is 11.2 Å². The van der Waals surface area contributed by atoms with Crippen LogP contribution in [0.4, 0.5) is 0 Å². The van der Waals surface area contributed by atoms with E-state index in [0.717, 1.165) is 60.5 Å². The van der Waals surface area contributed by atoms with Crippen molar-refractivity contribution < 1.29 is 4.42 Å². The van der Waals surface area contributed by atoms with Crippen LogP contribution in [0.5, 0.6) is 0 Å². The van der Waals surface area contributed by atoms with Crippen LogP contribution in [0, 0.1) is 0 Å². The third-order valence-corrected chi connectivity index (χ3v) is 12.3. The molecule has 0 radical (unpaired) electrons. The van der Waals surface area contributed by atoms with E-state index in [9.17, 15) is 0 Å². The summed E-state index contributed by atoms with van der Waals surface area (Å²) in [6.45, 7) is 0. The second kappa shape index (κ2) is 12.2. The second-order valence-electron chi connectivity index (χ2n) is 14.3. The Hall–Kier alpha value is -7.21. The number of rotatable bonds is 4. The molecule has 0 saturated carbocycles. The second-order valence-corrected chi connectivity index (χ2v) is 15.4. The summed E-state index contributed by atoms with van der Waals surface area (Å²) in [5.74, 6) is 1.91. The van der Waals surface area contributed by atoms with Gasteiger partial charge in [-0.25, -0.2) is 15.0 Å². The zero-order valence-electron chi connectivity index (χ0n) is 29.9. The maximum atomic E-state index is 6.35. The summed E-state index contributed by atoms with van der Waals surface area (Å²) >= 11 is 1.78. The van der Waals surface area contributed by atoms with E-state index in [1.165, 1.54) is 41.7 Å². The Morgan fingerprint density at radius 3 is 1.88 bits per heavy atom. The highest BCUT2D eigenvalue weighted by Crippen LogP contribution is 2.43. The number of thiophene rings is 1. The zero-order chi connectivity index (χ0) is 36.7. The first kappa shape index (κ1) is 31.2. The number of hydrogen-bond acceptors (Lipinski definition) is 5. The molecule has 0 aliphatic heterocycles. The van der Waals surface area contributed by atoms with Crippen molar-refractivity contribution in [1.82, 2.24) is 15.0 Å². The Kier molecular flexibility index (Phi) is 6.76. The van der Waals surface area contributed by atoms with E-state index in [-0.39, 0.29) is 0 Å². The summed E-state index contributed by atoms with van der Waals surface area (Å²) in [6.07, 6.45) is 0. The van der Waals surface area contributed by atoms with Crippen molar-refractivity contribution in [1.29, 1.82) is 0 Å². The number of hydrogen-bond donors (Lipinski definition) is 0. The van der Waals surface area contributed by atoms with Crippen LogP contribution in [0.2, 0.25) is 0 Å². The molecule has 260 valence electrons. The molecule has 0 aliphatic carbocycles. The Labute approximate surface area is 325 Å². The molecule has 4 nitrogen and oxygen atoms in total. The molecule has 12 rings (SSSR count). The molecule has 0 amide bonds. The Morgan fingerprint density at radius 2 is 0.982 bits per heavy atom. The third kappa shape index (κ3) is 4.81. The quantitative estimate of drug-likeness (QED) is 0.169. The van der Waals surface area contributed by atoms with E-state index in [0.29, 0.717) is 17.5 Å². The predicted octanol–water partition coefficient (Wildman–Crippen LogP) is 14.3. The van der Waals surface area contributed by atoms with Crippen molar-refractivity contribution >= 4 is 85.8 Å². The monoisotopic (exact) mass is 731 g/mol. The molecule has 5 heteroatoms. The third-order valence-electron chi connectivity index (χ3n) is 11.1. The number of benzene rings is 9. The van der Waals surface area contributed by atoms with Gasteiger partial charge in [-0.15, -0.1) is 11.3 Å². The van der Waals surface area contributed by atoms with Gasteiger partial charge in [0.25, 0.3) is 0 Å². The SMILES string of the molecule is c1ccc2c(-c3cccc4oc5ccccc5c34)cc(-c3nc(-c4ccc5ccc6ccccc6c5c4)nc(-c4cccc5c4sc4ccccc45)n3)cc2c1. The van der Waals surface area contributed by atoms with Crippen LogP contribution in [0.3, 0.4) is 0 Å². The molecule has 9 aromatic carbocycles. The fourth-order valence-corrected chi connectivity index (χ4v) is 9.69. The minimum absolute atomic E-state index is 0.623. The number of fused-ring (bicyclic) bond motifs is 10. The van der Waals surface area contributed by atoms with Crippen molar-refractivity contribution in [3.05, 3.63) is 176 Å². The normalized spacial score (nSPS) is 11.9. The van der Waals surface area contributed by atoms with E-state index in [1.54, 1.807) is 11.3 Å². The van der Waals surface area contributed by atoms with Crippen molar-refractivity contribution in [3.63, 3.8) is 0 Å². The molecule has 0 spiro atoms. The maximum Gasteiger partial charge on any atom is 0.165 e. The topological polar surface area (TPSA) is 51.8 Å². The summed E-state index contributed by atoms with van der Waals surface area (Å²) in [7, 11) is 0. The number of aromatic nitrogens is 3. The molecular formula is C51H29N3OS. The first-order valence-corrected chi connectivity index (χ1v) is 19.6. The smallest absolute Gasteiger partial charge is 0.165 e. The van der Waals surface area contributed by atoms with Crippen LogP contribution >= 0.6 is 11.3 Å². The lowest BCUT2D eigenvalue weighted by atomic mass is 9.92. The Bertz CT molecular complexity index is 3560. The van der Waals surface area contributed by atoms with E-state index < -0.39 is 0 Å². The van der Waals surface area contributed by atoms with E-state index in [4.69, 9.17) is 19.4 Å². The standard InChI is InChI=1S/C51H29N3OS/c1-3-13-35-30(11-1)23-24-31-25-26-33(28-42(31)35)49-52-50(54-51(53-49)41-19-9-18-39-37-15-6-8-22-46(37)56-48(39)41)34-27-32-12-2-4-14-36(32)43(29-34)38-17-10-21-45-47(38)40-16-5-7-20-44(40)55-45/h1-29H. The fourth-order valence-electron chi connectivity index (χ4n) is 8.48. The highest BCUT2D eigenvalue weighted by Gasteiger charge is 2.20. The van der Waals surface area contributed by atoms with Gasteiger partial charge in [0.05, 0.1) is 0 Å². The summed E-state index contributed by atoms with van der Waals surface area (Å²) in [4.78, 5) is 15.9. The highest BCUT2D eigenvalue weighted by atomic mass is 32.1. The molecule has 3 aromatic heterocycles. The molecule has 12 aromatic rings. The molecule has 56 heavy (non-hydrogen) atoms. The fraction of sp³-hybridized carbons (Fsp3) is 0. The lowest BCUT2D eigenvalue weighted by molar-refractivity contribution is 0.669. The lowest BCUT2D eigenvalue weighted by Gasteiger charge is -2.14. The van der Waals surface area contributed by atoms with E-state index in [1.807, 2.05) is 12.1 Å². The summed E-state index contributed by atoms with van der Waals surface area (Å²) < 4.78 is 8.76. The van der Waals surface area contributed by atoms with Crippen LogP contribution < -0.4 is 0 Å². The molecule has 0 saturated heterocycles. The molecule has 0 atom stereocenters. The number of nitrogens with zero attached hydrogens (tertiary/aromatic N) is 3. The van der Waals surface area contributed by atoms with Crippen molar-refractivity contribution in [2.24, 2.45) is 0 Å². The van der Waals surface area contributed by atoms with Gasteiger partial charge in [0, 0.05) is 47.6 Å². The van der Waals surface area contributed by atoms with Crippen LogP contribution in [0.25, 0.3) is 120 Å². The Morgan fingerprint density at radius 1 is 0.357 bits per heavy atom. The van der Waals surface area contributed by atoms with Gasteiger partial charge in [-0.05, 0) is 85.9 Å². The summed E-state index contributed by atoms with van der Waals surface area (Å²) in [5.41, 5.74) is 6.81. The first-order chi connectivity index (χ1) is 27.7. The van der Waals surface area contributed by atoms with Gasteiger partial charge >= 0.3 is 0 Å². The average Bonchev–Trinajstić information content (AvgIpc) is 3.84. The minimum atomic E-state index is 0.623. The maximum absolute atomic E-state index is 6.35. The molecule has 0 fully saturated rings.